The highest BCUT2D eigenvalue weighted by atomic mass is 32.1. The average Bonchev–Trinajstić information content (AvgIpc) is 3.05. The molecule has 0 radical (unpaired) electrons. The lowest BCUT2D eigenvalue weighted by Gasteiger charge is -2.12. The van der Waals surface area contributed by atoms with Crippen LogP contribution in [0.4, 0.5) is 5.69 Å². The van der Waals surface area contributed by atoms with Crippen molar-refractivity contribution in [3.8, 4) is 11.6 Å². The van der Waals surface area contributed by atoms with Crippen LogP contribution in [0.2, 0.25) is 0 Å². The number of nitrogens with zero attached hydrogens (tertiary/aromatic N) is 2. The fraction of sp³-hybridized carbons (Fsp3) is 0.316. The highest BCUT2D eigenvalue weighted by molar-refractivity contribution is 7.18. The van der Waals surface area contributed by atoms with Crippen molar-refractivity contribution in [2.45, 2.75) is 25.7 Å². The van der Waals surface area contributed by atoms with Gasteiger partial charge in [-0.05, 0) is 43.4 Å². The molecule has 0 saturated carbocycles. The molecule has 7 heteroatoms. The Bertz CT molecular complexity index is 954. The summed E-state index contributed by atoms with van der Waals surface area (Å²) in [7, 11) is 1.59. The third kappa shape index (κ3) is 3.35. The van der Waals surface area contributed by atoms with Gasteiger partial charge in [-0.1, -0.05) is 6.07 Å². The first-order valence-corrected chi connectivity index (χ1v) is 9.38. The third-order valence-corrected chi connectivity index (χ3v) is 5.61. The number of rotatable bonds is 5. The Morgan fingerprint density at radius 2 is 2.15 bits per heavy atom. The van der Waals surface area contributed by atoms with Crippen molar-refractivity contribution in [3.63, 3.8) is 0 Å². The summed E-state index contributed by atoms with van der Waals surface area (Å²) in [6, 6.07) is 7.21. The van der Waals surface area contributed by atoms with E-state index >= 15 is 0 Å². The summed E-state index contributed by atoms with van der Waals surface area (Å²) < 4.78 is 10.9. The number of nitrogens with one attached hydrogen (secondary N) is 1. The van der Waals surface area contributed by atoms with Gasteiger partial charge in [-0.2, -0.15) is 0 Å². The van der Waals surface area contributed by atoms with Crippen molar-refractivity contribution in [2.24, 2.45) is 0 Å². The molecule has 1 N–H and O–H groups in total. The largest absolute Gasteiger partial charge is 0.497 e. The van der Waals surface area contributed by atoms with Gasteiger partial charge < -0.3 is 14.8 Å². The molecule has 1 aromatic carbocycles. The lowest BCUT2D eigenvalue weighted by atomic mass is 9.97. The Balaban J connectivity index is 1.49. The minimum Gasteiger partial charge on any atom is -0.497 e. The molecule has 1 aliphatic rings. The molecule has 0 bridgehead atoms. The van der Waals surface area contributed by atoms with Gasteiger partial charge in [0.2, 0.25) is 5.88 Å². The SMILES string of the molecule is COc1cccc(NC(=O)COc2ncnc3sc4c(c23)CCCC4)c1. The predicted molar refractivity (Wildman–Crippen MR) is 101 cm³/mol. The molecule has 1 aliphatic carbocycles. The molecular weight excluding hydrogens is 350 g/mol. The second kappa shape index (κ2) is 7.29. The van der Waals surface area contributed by atoms with Crippen LogP contribution in [0.15, 0.2) is 30.6 Å². The summed E-state index contributed by atoms with van der Waals surface area (Å²) in [5.41, 5.74) is 1.96. The van der Waals surface area contributed by atoms with Gasteiger partial charge in [0.05, 0.1) is 12.5 Å². The van der Waals surface area contributed by atoms with Crippen LogP contribution in [0.25, 0.3) is 10.2 Å². The van der Waals surface area contributed by atoms with Gasteiger partial charge in [0, 0.05) is 16.6 Å². The van der Waals surface area contributed by atoms with E-state index in [4.69, 9.17) is 9.47 Å². The Hall–Kier alpha value is -2.67. The van der Waals surface area contributed by atoms with E-state index in [0.29, 0.717) is 17.3 Å². The summed E-state index contributed by atoms with van der Waals surface area (Å²) in [5, 5.41) is 3.78. The second-order valence-electron chi connectivity index (χ2n) is 6.14. The van der Waals surface area contributed by atoms with E-state index in [0.717, 1.165) is 23.1 Å². The summed E-state index contributed by atoms with van der Waals surface area (Å²) in [4.78, 5) is 23.2. The fourth-order valence-corrected chi connectivity index (χ4v) is 4.42. The van der Waals surface area contributed by atoms with E-state index in [1.807, 2.05) is 12.1 Å². The minimum absolute atomic E-state index is 0.103. The molecule has 2 heterocycles. The highest BCUT2D eigenvalue weighted by Gasteiger charge is 2.21. The van der Waals surface area contributed by atoms with Crippen molar-refractivity contribution in [1.82, 2.24) is 9.97 Å². The zero-order chi connectivity index (χ0) is 17.9. The Labute approximate surface area is 155 Å². The molecule has 3 aromatic rings. The molecule has 1 amide bonds. The van der Waals surface area contributed by atoms with Gasteiger partial charge in [0.15, 0.2) is 6.61 Å². The number of fused-ring (bicyclic) bond motifs is 3. The number of hydrogen-bond donors (Lipinski definition) is 1. The fourth-order valence-electron chi connectivity index (χ4n) is 3.20. The zero-order valence-electron chi connectivity index (χ0n) is 14.4. The van der Waals surface area contributed by atoms with Crippen LogP contribution in [0.1, 0.15) is 23.3 Å². The van der Waals surface area contributed by atoms with Crippen LogP contribution in [-0.4, -0.2) is 29.6 Å². The summed E-state index contributed by atoms with van der Waals surface area (Å²) >= 11 is 1.71. The number of methoxy groups -OCH3 is 1. The van der Waals surface area contributed by atoms with E-state index in [9.17, 15) is 4.79 Å². The number of benzene rings is 1. The standard InChI is InChI=1S/C19H19N3O3S/c1-24-13-6-4-5-12(9-13)22-16(23)10-25-18-17-14-7-2-3-8-15(14)26-19(17)21-11-20-18/h4-6,9,11H,2-3,7-8,10H2,1H3,(H,22,23). The Kier molecular flexibility index (Phi) is 4.71. The molecule has 0 saturated heterocycles. The first kappa shape index (κ1) is 16.8. The van der Waals surface area contributed by atoms with Gasteiger partial charge in [-0.25, -0.2) is 9.97 Å². The molecule has 0 spiro atoms. The van der Waals surface area contributed by atoms with Gasteiger partial charge in [0.1, 0.15) is 16.9 Å². The molecule has 2 aromatic heterocycles. The van der Waals surface area contributed by atoms with Crippen molar-refractivity contribution >= 4 is 33.1 Å². The van der Waals surface area contributed by atoms with Crippen molar-refractivity contribution in [1.29, 1.82) is 0 Å². The molecule has 26 heavy (non-hydrogen) atoms. The Morgan fingerprint density at radius 3 is 3.04 bits per heavy atom. The van der Waals surface area contributed by atoms with Gasteiger partial charge in [-0.15, -0.1) is 11.3 Å². The maximum Gasteiger partial charge on any atom is 0.262 e. The number of aromatic nitrogens is 2. The number of aryl methyl sites for hydroxylation is 2. The van der Waals surface area contributed by atoms with E-state index in [-0.39, 0.29) is 12.5 Å². The molecule has 6 nitrogen and oxygen atoms in total. The van der Waals surface area contributed by atoms with Gasteiger partial charge >= 0.3 is 0 Å². The lowest BCUT2D eigenvalue weighted by Crippen LogP contribution is -2.20. The molecule has 0 aliphatic heterocycles. The van der Waals surface area contributed by atoms with Crippen molar-refractivity contribution in [2.75, 3.05) is 19.0 Å². The molecule has 0 unspecified atom stereocenters. The molecule has 0 fully saturated rings. The smallest absolute Gasteiger partial charge is 0.262 e. The third-order valence-electron chi connectivity index (χ3n) is 4.41. The zero-order valence-corrected chi connectivity index (χ0v) is 15.3. The minimum atomic E-state index is -0.242. The quantitative estimate of drug-likeness (QED) is 0.744. The van der Waals surface area contributed by atoms with E-state index < -0.39 is 0 Å². The van der Waals surface area contributed by atoms with Crippen LogP contribution in [0.3, 0.4) is 0 Å². The first-order valence-electron chi connectivity index (χ1n) is 8.56. The van der Waals surface area contributed by atoms with Crippen molar-refractivity contribution in [3.05, 3.63) is 41.0 Å². The molecule has 4 rings (SSSR count). The molecular formula is C19H19N3O3S. The second-order valence-corrected chi connectivity index (χ2v) is 7.22. The van der Waals surface area contributed by atoms with Crippen LogP contribution < -0.4 is 14.8 Å². The van der Waals surface area contributed by atoms with Crippen LogP contribution in [0.5, 0.6) is 11.6 Å². The highest BCUT2D eigenvalue weighted by Crippen LogP contribution is 2.38. The van der Waals surface area contributed by atoms with E-state index in [1.165, 1.54) is 29.6 Å². The number of ether oxygens (including phenoxy) is 2. The lowest BCUT2D eigenvalue weighted by molar-refractivity contribution is -0.118. The van der Waals surface area contributed by atoms with Gasteiger partial charge in [0.25, 0.3) is 5.91 Å². The van der Waals surface area contributed by atoms with E-state index in [2.05, 4.69) is 15.3 Å². The average molecular weight is 369 g/mol. The summed E-state index contributed by atoms with van der Waals surface area (Å²) in [6.45, 7) is -0.103. The molecule has 0 atom stereocenters. The first-order chi connectivity index (χ1) is 12.7. The van der Waals surface area contributed by atoms with Crippen LogP contribution in [-0.2, 0) is 17.6 Å². The number of carbonyl (C=O) groups excluding carboxylic acids is 1. The number of amides is 1. The topological polar surface area (TPSA) is 73.3 Å². The normalized spacial score (nSPS) is 13.3. The Morgan fingerprint density at radius 1 is 1.27 bits per heavy atom. The summed E-state index contributed by atoms with van der Waals surface area (Å²) in [6.07, 6.45) is 6.00. The predicted octanol–water partition coefficient (Wildman–Crippen LogP) is 3.60. The summed E-state index contributed by atoms with van der Waals surface area (Å²) in [5.74, 6) is 0.940. The maximum absolute atomic E-state index is 12.2. The van der Waals surface area contributed by atoms with Crippen LogP contribution >= 0.6 is 11.3 Å². The molecule has 134 valence electrons. The monoisotopic (exact) mass is 369 g/mol. The number of thiophene rings is 1. The maximum atomic E-state index is 12.2. The number of carbonyl (C=O) groups is 1. The van der Waals surface area contributed by atoms with E-state index in [1.54, 1.807) is 30.6 Å². The number of hydrogen-bond acceptors (Lipinski definition) is 6. The van der Waals surface area contributed by atoms with Crippen molar-refractivity contribution < 1.29 is 14.3 Å². The van der Waals surface area contributed by atoms with Crippen LogP contribution in [0, 0.1) is 0 Å². The van der Waals surface area contributed by atoms with Gasteiger partial charge in [-0.3, -0.25) is 4.79 Å². The number of anilines is 1.